The molecular formula is C22H24BrN4O3S+. The molecule has 9 heteroatoms. The van der Waals surface area contributed by atoms with E-state index in [9.17, 15) is 9.90 Å². The van der Waals surface area contributed by atoms with Gasteiger partial charge in [0.2, 0.25) is 5.16 Å². The number of ether oxygens (including phenoxy) is 1. The number of benzene rings is 2. The van der Waals surface area contributed by atoms with E-state index in [-0.39, 0.29) is 11.3 Å². The van der Waals surface area contributed by atoms with Crippen molar-refractivity contribution in [1.82, 2.24) is 10.1 Å². The van der Waals surface area contributed by atoms with Gasteiger partial charge in [0, 0.05) is 20.9 Å². The zero-order valence-electron chi connectivity index (χ0n) is 17.3. The Morgan fingerprint density at radius 2 is 2.10 bits per heavy atom. The lowest BCUT2D eigenvalue weighted by Gasteiger charge is -2.23. The van der Waals surface area contributed by atoms with Crippen molar-refractivity contribution in [3.63, 3.8) is 0 Å². The summed E-state index contributed by atoms with van der Waals surface area (Å²) in [6.45, 7) is 4.43. The number of anilines is 1. The van der Waals surface area contributed by atoms with Gasteiger partial charge >= 0.3 is 11.3 Å². The largest absolute Gasteiger partial charge is 0.504 e. The topological polar surface area (TPSA) is 91.1 Å². The molecule has 0 aliphatic carbocycles. The maximum atomic E-state index is 13.2. The van der Waals surface area contributed by atoms with Crippen molar-refractivity contribution in [1.29, 1.82) is 0 Å². The van der Waals surface area contributed by atoms with Crippen LogP contribution in [0.25, 0.3) is 11.3 Å². The molecule has 0 saturated heterocycles. The number of halogens is 1. The number of aromatic nitrogens is 3. The second-order valence-corrected chi connectivity index (χ2v) is 9.15. The van der Waals surface area contributed by atoms with Crippen molar-refractivity contribution >= 4 is 33.4 Å². The van der Waals surface area contributed by atoms with Gasteiger partial charge in [-0.25, -0.2) is 0 Å². The quantitative estimate of drug-likeness (QED) is 0.250. The van der Waals surface area contributed by atoms with E-state index < -0.39 is 6.17 Å². The number of nitrogens with one attached hydrogen (secondary N) is 2. The van der Waals surface area contributed by atoms with Gasteiger partial charge in [0.1, 0.15) is 0 Å². The molecule has 0 amide bonds. The number of nitrogens with zero attached hydrogens (tertiary/aromatic N) is 2. The van der Waals surface area contributed by atoms with Crippen LogP contribution in [0.1, 0.15) is 38.4 Å². The summed E-state index contributed by atoms with van der Waals surface area (Å²) in [6.07, 6.45) is 1.69. The minimum absolute atomic E-state index is 0.0747. The standard InChI is InChI=1S/C22H23BrN4O3S/c1-3-5-10-31-22-25-21(29)19-15-12-14(23)7-8-16(15)24-20(27(19)26-22)13-6-9-17(28)18(11-13)30-4-2/h6-9,11-12,20H,3-5,10H2,1-2H3,(H2,25,26,28,29)/p+1/t20-/m1/s1. The molecule has 0 spiro atoms. The minimum atomic E-state index is -0.434. The lowest BCUT2D eigenvalue weighted by atomic mass is 10.0. The number of H-pyrrole nitrogens is 1. The normalized spacial score (nSPS) is 14.5. The summed E-state index contributed by atoms with van der Waals surface area (Å²) >= 11 is 5.04. The van der Waals surface area contributed by atoms with Crippen LogP contribution in [0.4, 0.5) is 5.69 Å². The predicted molar refractivity (Wildman–Crippen MR) is 125 cm³/mol. The second kappa shape index (κ2) is 9.32. The van der Waals surface area contributed by atoms with Gasteiger partial charge in [-0.3, -0.25) is 9.78 Å². The Kier molecular flexibility index (Phi) is 6.52. The third-order valence-corrected chi connectivity index (χ3v) is 6.42. The molecule has 3 aromatic rings. The van der Waals surface area contributed by atoms with Crippen LogP contribution in [0, 0.1) is 0 Å². The number of phenolic OH excluding ortho intramolecular Hbond substituents is 1. The van der Waals surface area contributed by atoms with Crippen LogP contribution >= 0.6 is 27.7 Å². The first-order valence-electron chi connectivity index (χ1n) is 10.2. The summed E-state index contributed by atoms with van der Waals surface area (Å²) in [5.74, 6) is 1.35. The molecule has 2 aromatic carbocycles. The average Bonchev–Trinajstić information content (AvgIpc) is 2.75. The molecule has 1 aliphatic heterocycles. The van der Waals surface area contributed by atoms with E-state index in [4.69, 9.17) is 9.84 Å². The summed E-state index contributed by atoms with van der Waals surface area (Å²) in [4.78, 5) is 16.1. The molecule has 7 nitrogen and oxygen atoms in total. The lowest BCUT2D eigenvalue weighted by molar-refractivity contribution is -0.759. The van der Waals surface area contributed by atoms with Crippen LogP contribution in [0.2, 0.25) is 0 Å². The molecule has 3 N–H and O–H groups in total. The summed E-state index contributed by atoms with van der Waals surface area (Å²) < 4.78 is 8.17. The van der Waals surface area contributed by atoms with Crippen molar-refractivity contribution < 1.29 is 14.5 Å². The Morgan fingerprint density at radius 1 is 1.26 bits per heavy atom. The van der Waals surface area contributed by atoms with Crippen LogP contribution in [0.3, 0.4) is 0 Å². The molecule has 4 rings (SSSR count). The van der Waals surface area contributed by atoms with E-state index in [1.165, 1.54) is 11.8 Å². The number of hydrogen-bond acceptors (Lipinski definition) is 6. The maximum absolute atomic E-state index is 13.2. The zero-order valence-corrected chi connectivity index (χ0v) is 19.7. The lowest BCUT2D eigenvalue weighted by Crippen LogP contribution is -2.55. The van der Waals surface area contributed by atoms with Crippen LogP contribution in [-0.4, -0.2) is 27.5 Å². The van der Waals surface area contributed by atoms with Crippen LogP contribution in [0.15, 0.2) is 50.8 Å². The van der Waals surface area contributed by atoms with Gasteiger partial charge in [0.05, 0.1) is 17.9 Å². The molecular weight excluding hydrogens is 480 g/mol. The molecule has 31 heavy (non-hydrogen) atoms. The number of rotatable bonds is 7. The summed E-state index contributed by atoms with van der Waals surface area (Å²) in [6, 6.07) is 11.0. The number of hydrogen-bond donors (Lipinski definition) is 3. The molecule has 0 fully saturated rings. The smallest absolute Gasteiger partial charge is 0.325 e. The average molecular weight is 504 g/mol. The molecule has 0 bridgehead atoms. The van der Waals surface area contributed by atoms with Crippen molar-refractivity contribution in [2.24, 2.45) is 0 Å². The number of fused-ring (bicyclic) bond motifs is 3. The minimum Gasteiger partial charge on any atom is -0.504 e. The first-order chi connectivity index (χ1) is 15.0. The highest BCUT2D eigenvalue weighted by atomic mass is 79.9. The summed E-state index contributed by atoms with van der Waals surface area (Å²) in [5.41, 5.74) is 2.71. The van der Waals surface area contributed by atoms with Crippen LogP contribution in [0.5, 0.6) is 11.5 Å². The van der Waals surface area contributed by atoms with Gasteiger partial charge in [0.25, 0.3) is 6.17 Å². The SMILES string of the molecule is CCCCSc1n[n+]2c(c(=O)[nH]1)-c1cc(Br)ccc1N[C@H]2c1ccc(O)c(OCC)c1. The molecule has 1 aromatic heterocycles. The predicted octanol–water partition coefficient (Wildman–Crippen LogP) is 4.46. The van der Waals surface area contributed by atoms with E-state index in [0.29, 0.717) is 23.2 Å². The van der Waals surface area contributed by atoms with Gasteiger partial charge in [-0.2, -0.15) is 0 Å². The summed E-state index contributed by atoms with van der Waals surface area (Å²) in [7, 11) is 0. The fourth-order valence-corrected chi connectivity index (χ4v) is 4.79. The third-order valence-electron chi connectivity index (χ3n) is 4.97. The maximum Gasteiger partial charge on any atom is 0.325 e. The first-order valence-corrected chi connectivity index (χ1v) is 12.0. The number of phenols is 1. The van der Waals surface area contributed by atoms with Gasteiger partial charge in [-0.05, 0) is 54.4 Å². The first kappa shape index (κ1) is 21.7. The van der Waals surface area contributed by atoms with Gasteiger partial charge in [-0.15, -0.1) is 0 Å². The van der Waals surface area contributed by atoms with E-state index in [1.54, 1.807) is 16.8 Å². The van der Waals surface area contributed by atoms with Crippen molar-refractivity contribution in [3.8, 4) is 22.8 Å². The van der Waals surface area contributed by atoms with Crippen molar-refractivity contribution in [3.05, 3.63) is 56.8 Å². The van der Waals surface area contributed by atoms with Gasteiger partial charge in [-0.1, -0.05) is 41.0 Å². The highest BCUT2D eigenvalue weighted by Crippen LogP contribution is 2.36. The molecule has 1 aliphatic rings. The Morgan fingerprint density at radius 3 is 2.87 bits per heavy atom. The Hall–Kier alpha value is -2.52. The van der Waals surface area contributed by atoms with Gasteiger partial charge in [0.15, 0.2) is 11.5 Å². The number of thioether (sulfide) groups is 1. The molecule has 162 valence electrons. The van der Waals surface area contributed by atoms with E-state index >= 15 is 0 Å². The number of unbranched alkanes of at least 4 members (excludes halogenated alkanes) is 1. The van der Waals surface area contributed by atoms with Crippen molar-refractivity contribution in [2.45, 2.75) is 38.0 Å². The number of aromatic hydroxyl groups is 1. The van der Waals surface area contributed by atoms with Gasteiger partial charge < -0.3 is 15.2 Å². The zero-order chi connectivity index (χ0) is 22.0. The van der Waals surface area contributed by atoms with Crippen molar-refractivity contribution in [2.75, 3.05) is 17.7 Å². The molecule has 1 atom stereocenters. The number of aromatic amines is 1. The van der Waals surface area contributed by atoms with E-state index in [0.717, 1.165) is 39.9 Å². The third kappa shape index (κ3) is 4.43. The van der Waals surface area contributed by atoms with Crippen LogP contribution in [-0.2, 0) is 0 Å². The molecule has 0 unspecified atom stereocenters. The monoisotopic (exact) mass is 503 g/mol. The van der Waals surface area contributed by atoms with E-state index in [2.05, 4.69) is 33.2 Å². The molecule has 2 heterocycles. The Bertz CT molecular complexity index is 1170. The fourth-order valence-electron chi connectivity index (χ4n) is 3.49. The second-order valence-electron chi connectivity index (χ2n) is 7.15. The Labute approximate surface area is 193 Å². The summed E-state index contributed by atoms with van der Waals surface area (Å²) in [5, 5.41) is 19.0. The molecule has 0 saturated carbocycles. The fraction of sp³-hybridized carbons (Fsp3) is 0.318. The highest BCUT2D eigenvalue weighted by Gasteiger charge is 2.38. The van der Waals surface area contributed by atoms with E-state index in [1.807, 2.05) is 31.2 Å². The Balaban J connectivity index is 1.86. The molecule has 0 radical (unpaired) electrons. The van der Waals surface area contributed by atoms with Crippen LogP contribution < -0.4 is 20.3 Å². The highest BCUT2D eigenvalue weighted by molar-refractivity contribution is 9.10.